The number of urea groups is 2. The summed E-state index contributed by atoms with van der Waals surface area (Å²) in [6, 6.07) is 26.8. The Morgan fingerprint density at radius 3 is 1.30 bits per heavy atom. The van der Waals surface area contributed by atoms with E-state index in [1.165, 1.54) is 32.0 Å². The van der Waals surface area contributed by atoms with Crippen molar-refractivity contribution in [2.75, 3.05) is 13.2 Å². The van der Waals surface area contributed by atoms with Gasteiger partial charge in [0.15, 0.2) is 23.1 Å². The maximum absolute atomic E-state index is 14.9. The summed E-state index contributed by atoms with van der Waals surface area (Å²) in [6.45, 7) is 7.75. The van der Waals surface area contributed by atoms with Gasteiger partial charge in [0.1, 0.15) is 18.2 Å². The number of carbonyl (C=O) groups is 2. The number of hydrogen-bond acceptors (Lipinski definition) is 6. The Hall–Kier alpha value is -7.32. The van der Waals surface area contributed by atoms with Gasteiger partial charge in [-0.1, -0.05) is 98.5 Å². The molecule has 0 aromatic heterocycles. The molecule has 1 aliphatic heterocycles. The lowest BCUT2D eigenvalue weighted by atomic mass is 9.77. The van der Waals surface area contributed by atoms with E-state index in [2.05, 4.69) is 35.1 Å². The summed E-state index contributed by atoms with van der Waals surface area (Å²) in [5.74, 6) is -5.06. The van der Waals surface area contributed by atoms with E-state index < -0.39 is 81.2 Å². The molecule has 3 fully saturated rings. The number of hydrogen-bond donors (Lipinski definition) is 6. The van der Waals surface area contributed by atoms with Crippen molar-refractivity contribution in [2.24, 2.45) is 0 Å². The zero-order valence-corrected chi connectivity index (χ0v) is 45.6. The second-order valence-corrected chi connectivity index (χ2v) is 22.2. The standard InChI is InChI=1S/C31H33F5N2O3.C27H25F5N2O2.C4H8O/c1-29(2,40)19-41-27-17-21(12-13-26(27)33)30(18-20-8-4-3-5-9-20,38-28(39)37-25-10-6-7-11-25)22-14-23(31(34,35)36)16-24(32)15-22;28-21-13-19(12-20(14-21)27(30,31)32)26(16-17-6-2-1-3-7-17,18-10-11-23(29)24(35)15-18)34-25(36)33-22-8-4-5-9-22;1-4(2)3-5-4/h3-5,8-9,12-17,25,40H,6-7,10-11,18-19H2,1-2H3,(H2,37,38,39);1-3,6-7,10-15,22,35H,4-5,8-9,16H2,(H2,33,34,36);3H2,1-2H3/t30-;26-;/m11./s1. The number of phenolic OH excluding ortho intramolecular Hbond substituents is 1. The topological polar surface area (TPSA) is 144 Å². The number of carbonyl (C=O) groups excluding carboxylic acids is 2. The van der Waals surface area contributed by atoms with Crippen LogP contribution in [0.5, 0.6) is 11.5 Å². The zero-order chi connectivity index (χ0) is 59.7. The van der Waals surface area contributed by atoms with Gasteiger partial charge in [0, 0.05) is 24.9 Å². The van der Waals surface area contributed by atoms with Gasteiger partial charge >= 0.3 is 24.4 Å². The van der Waals surface area contributed by atoms with Gasteiger partial charge in [-0.2, -0.15) is 26.3 Å². The fraction of sp³-hybridized carbons (Fsp3) is 0.387. The van der Waals surface area contributed by atoms with Gasteiger partial charge in [0.05, 0.1) is 40.0 Å². The lowest BCUT2D eigenvalue weighted by molar-refractivity contribution is -0.138. The van der Waals surface area contributed by atoms with E-state index in [4.69, 9.17) is 9.47 Å². The molecule has 0 unspecified atom stereocenters. The second kappa shape index (κ2) is 25.9. The molecule has 2 saturated carbocycles. The summed E-state index contributed by atoms with van der Waals surface area (Å²) in [6.07, 6.45) is -3.17. The fourth-order valence-electron chi connectivity index (χ4n) is 9.95. The van der Waals surface area contributed by atoms with Crippen LogP contribution in [0.2, 0.25) is 0 Å². The van der Waals surface area contributed by atoms with Gasteiger partial charge in [-0.3, -0.25) is 0 Å². The molecule has 0 radical (unpaired) electrons. The summed E-state index contributed by atoms with van der Waals surface area (Å²) in [5, 5.41) is 31.6. The quantitative estimate of drug-likeness (QED) is 0.0446. The number of alkyl halides is 6. The van der Waals surface area contributed by atoms with Crippen molar-refractivity contribution in [2.45, 2.75) is 139 Å². The van der Waals surface area contributed by atoms with Crippen LogP contribution in [0.4, 0.5) is 53.5 Å². The van der Waals surface area contributed by atoms with Gasteiger partial charge in [-0.05, 0) is 147 Å². The summed E-state index contributed by atoms with van der Waals surface area (Å²) >= 11 is 0. The van der Waals surface area contributed by atoms with Gasteiger partial charge in [-0.15, -0.1) is 0 Å². The third kappa shape index (κ3) is 17.1. The molecule has 20 heteroatoms. The predicted octanol–water partition coefficient (Wildman–Crippen LogP) is 14.1. The molecule has 9 rings (SSSR count). The summed E-state index contributed by atoms with van der Waals surface area (Å²) in [7, 11) is 0. The Kier molecular flexibility index (Phi) is 19.6. The van der Waals surface area contributed by atoms with E-state index in [0.29, 0.717) is 23.3 Å². The number of ether oxygens (including phenoxy) is 2. The van der Waals surface area contributed by atoms with Crippen LogP contribution in [0.3, 0.4) is 0 Å². The number of benzene rings is 6. The van der Waals surface area contributed by atoms with Crippen molar-refractivity contribution in [1.82, 2.24) is 21.3 Å². The first-order valence-electron chi connectivity index (χ1n) is 26.8. The summed E-state index contributed by atoms with van der Waals surface area (Å²) in [4.78, 5) is 26.6. The number of nitrogens with one attached hydrogen (secondary N) is 4. The van der Waals surface area contributed by atoms with Gasteiger partial charge in [-0.25, -0.2) is 27.2 Å². The molecule has 0 spiro atoms. The maximum atomic E-state index is 14.9. The minimum absolute atomic E-state index is 0.0885. The van der Waals surface area contributed by atoms with Crippen LogP contribution in [-0.2, 0) is 41.0 Å². The van der Waals surface area contributed by atoms with E-state index in [0.717, 1.165) is 100 Å². The number of halogens is 10. The van der Waals surface area contributed by atoms with E-state index in [1.807, 2.05) is 0 Å². The Labute approximate surface area is 469 Å². The number of epoxide rings is 1. The van der Waals surface area contributed by atoms with Crippen molar-refractivity contribution < 1.29 is 73.2 Å². The Bertz CT molecular complexity index is 3120. The van der Waals surface area contributed by atoms with E-state index in [-0.39, 0.29) is 65.1 Å². The van der Waals surface area contributed by atoms with Crippen LogP contribution in [0.15, 0.2) is 133 Å². The number of phenols is 1. The van der Waals surface area contributed by atoms with E-state index in [9.17, 15) is 63.7 Å². The molecule has 10 nitrogen and oxygen atoms in total. The molecule has 2 atom stereocenters. The van der Waals surface area contributed by atoms with Crippen molar-refractivity contribution in [3.63, 3.8) is 0 Å². The molecule has 3 aliphatic rings. The molecule has 6 N–H and O–H groups in total. The monoisotopic (exact) mass is 1150 g/mol. The van der Waals surface area contributed by atoms with Crippen LogP contribution in [0.25, 0.3) is 0 Å². The SMILES string of the molecule is CC(C)(O)COc1cc([C@@](Cc2ccccc2)(NC(=O)NC2CCCC2)c2cc(F)cc(C(F)(F)F)c2)ccc1F.CC1(C)CO1.O=C(NC1CCCC1)N[C@@](Cc1ccccc1)(c1cc(F)cc(C(F)(F)F)c1)c1ccc(F)c(O)c1. The number of amides is 4. The van der Waals surface area contributed by atoms with E-state index in [1.54, 1.807) is 60.7 Å². The highest BCUT2D eigenvalue weighted by Gasteiger charge is 2.43. The number of rotatable bonds is 15. The smallest absolute Gasteiger partial charge is 0.416 e. The lowest BCUT2D eigenvalue weighted by Gasteiger charge is -2.37. The van der Waals surface area contributed by atoms with Crippen LogP contribution in [0.1, 0.15) is 124 Å². The molecule has 4 amide bonds. The van der Waals surface area contributed by atoms with Crippen LogP contribution in [-0.4, -0.2) is 58.8 Å². The Morgan fingerprint density at radius 1 is 0.561 bits per heavy atom. The average molecular weight is 1150 g/mol. The molecule has 6 aromatic rings. The van der Waals surface area contributed by atoms with Crippen LogP contribution >= 0.6 is 0 Å². The molecule has 2 aliphatic carbocycles. The molecule has 1 saturated heterocycles. The van der Waals surface area contributed by atoms with Crippen molar-refractivity contribution in [3.8, 4) is 11.5 Å². The van der Waals surface area contributed by atoms with Gasteiger partial charge in [0.25, 0.3) is 0 Å². The maximum Gasteiger partial charge on any atom is 0.416 e. The van der Waals surface area contributed by atoms with Crippen molar-refractivity contribution in [3.05, 3.63) is 201 Å². The highest BCUT2D eigenvalue weighted by molar-refractivity contribution is 5.77. The number of aliphatic hydroxyl groups is 1. The Balaban J connectivity index is 0.000000218. The highest BCUT2D eigenvalue weighted by atomic mass is 19.4. The normalized spacial score (nSPS) is 16.7. The lowest BCUT2D eigenvalue weighted by Crippen LogP contribution is -2.53. The fourth-order valence-corrected chi connectivity index (χ4v) is 9.95. The van der Waals surface area contributed by atoms with E-state index >= 15 is 0 Å². The molecule has 0 bridgehead atoms. The van der Waals surface area contributed by atoms with Gasteiger partial charge < -0.3 is 41.0 Å². The molecule has 6 aromatic carbocycles. The summed E-state index contributed by atoms with van der Waals surface area (Å²) < 4.78 is 151. The first-order valence-corrected chi connectivity index (χ1v) is 26.8. The molecular weight excluding hydrogens is 1090 g/mol. The molecular formula is C62H66F10N4O6. The Morgan fingerprint density at radius 2 is 0.939 bits per heavy atom. The second-order valence-electron chi connectivity index (χ2n) is 22.2. The molecule has 1 heterocycles. The average Bonchev–Trinajstić information content (AvgIpc) is 1.99. The minimum atomic E-state index is -4.87. The third-order valence-corrected chi connectivity index (χ3v) is 14.3. The number of aromatic hydroxyl groups is 1. The third-order valence-electron chi connectivity index (χ3n) is 14.3. The van der Waals surface area contributed by atoms with Crippen LogP contribution in [0, 0.1) is 23.3 Å². The van der Waals surface area contributed by atoms with Crippen LogP contribution < -0.4 is 26.0 Å². The predicted molar refractivity (Wildman–Crippen MR) is 289 cm³/mol. The van der Waals surface area contributed by atoms with Crippen molar-refractivity contribution >= 4 is 12.1 Å². The summed E-state index contributed by atoms with van der Waals surface area (Å²) in [5.41, 5.74) is -6.00. The first kappa shape index (κ1) is 62.3. The zero-order valence-electron chi connectivity index (χ0n) is 45.6. The largest absolute Gasteiger partial charge is 0.505 e. The highest BCUT2D eigenvalue weighted by Crippen LogP contribution is 2.42. The minimum Gasteiger partial charge on any atom is -0.505 e. The van der Waals surface area contributed by atoms with Crippen molar-refractivity contribution in [1.29, 1.82) is 0 Å². The first-order chi connectivity index (χ1) is 38.5. The van der Waals surface area contributed by atoms with Gasteiger partial charge in [0.2, 0.25) is 0 Å². The molecule has 82 heavy (non-hydrogen) atoms. The molecule has 440 valence electrons.